The Morgan fingerprint density at radius 2 is 2.06 bits per heavy atom. The van der Waals surface area contributed by atoms with E-state index in [1.807, 2.05) is 6.08 Å². The third-order valence-electron chi connectivity index (χ3n) is 6.79. The molecule has 0 atom stereocenters. The van der Waals surface area contributed by atoms with Gasteiger partial charge in [0.05, 0.1) is 6.42 Å². The minimum absolute atomic E-state index is 0.129. The van der Waals surface area contributed by atoms with Gasteiger partial charge in [0.25, 0.3) is 5.91 Å². The number of carbonyl (C=O) groups excluding carboxylic acids is 1. The van der Waals surface area contributed by atoms with Gasteiger partial charge in [-0.05, 0) is 38.2 Å². The van der Waals surface area contributed by atoms with Crippen molar-refractivity contribution in [2.24, 2.45) is 5.92 Å². The Morgan fingerprint density at radius 3 is 2.83 bits per heavy atom. The summed E-state index contributed by atoms with van der Waals surface area (Å²) in [6, 6.07) is 5.83. The highest BCUT2D eigenvalue weighted by atomic mass is 19.1. The van der Waals surface area contributed by atoms with Gasteiger partial charge in [-0.1, -0.05) is 18.2 Å². The number of carbonyl (C=O) groups is 2. The molecule has 1 saturated heterocycles. The molecule has 1 aromatic carbocycles. The summed E-state index contributed by atoms with van der Waals surface area (Å²) in [7, 11) is 0. The van der Waals surface area contributed by atoms with E-state index >= 15 is 0 Å². The summed E-state index contributed by atoms with van der Waals surface area (Å²) in [5.41, 5.74) is 2.50. The fourth-order valence-corrected chi connectivity index (χ4v) is 4.88. The lowest BCUT2D eigenvalue weighted by molar-refractivity contribution is -0.136. The molecule has 0 unspecified atom stereocenters. The molecule has 3 aromatic rings. The van der Waals surface area contributed by atoms with Gasteiger partial charge >= 0.3 is 5.97 Å². The average molecular weight is 494 g/mol. The van der Waals surface area contributed by atoms with E-state index in [1.54, 1.807) is 23.6 Å². The molecule has 1 fully saturated rings. The van der Waals surface area contributed by atoms with Crippen LogP contribution in [0.3, 0.4) is 0 Å². The molecule has 0 spiro atoms. The summed E-state index contributed by atoms with van der Waals surface area (Å²) < 4.78 is 21.2. The number of carboxylic acid groups (broad SMARTS) is 1. The number of piperidine rings is 1. The molecule has 36 heavy (non-hydrogen) atoms. The van der Waals surface area contributed by atoms with Gasteiger partial charge in [0.15, 0.2) is 11.3 Å². The van der Waals surface area contributed by atoms with Gasteiger partial charge in [-0.15, -0.1) is 0 Å². The lowest BCUT2D eigenvalue weighted by Crippen LogP contribution is -2.36. The Bertz CT molecular complexity index is 1340. The van der Waals surface area contributed by atoms with Crippen LogP contribution in [0.15, 0.2) is 36.4 Å². The van der Waals surface area contributed by atoms with Gasteiger partial charge < -0.3 is 20.1 Å². The zero-order chi connectivity index (χ0) is 25.2. The highest BCUT2D eigenvalue weighted by Crippen LogP contribution is 2.31. The summed E-state index contributed by atoms with van der Waals surface area (Å²) in [4.78, 5) is 31.4. The number of carboxylic acids is 1. The first-order valence-electron chi connectivity index (χ1n) is 12.1. The number of aryl methyl sites for hydroxylation is 1. The van der Waals surface area contributed by atoms with E-state index in [-0.39, 0.29) is 18.7 Å². The maximum atomic E-state index is 13.8. The number of benzene rings is 1. The maximum Gasteiger partial charge on any atom is 0.308 e. The molecular formula is C26H28FN5O4. The largest absolute Gasteiger partial charge is 0.489 e. The van der Waals surface area contributed by atoms with E-state index in [4.69, 9.17) is 4.74 Å². The number of nitrogens with one attached hydrogen (secondary N) is 1. The van der Waals surface area contributed by atoms with Crippen LogP contribution in [0.1, 0.15) is 46.6 Å². The molecule has 3 aliphatic heterocycles. The highest BCUT2D eigenvalue weighted by molar-refractivity contribution is 5.93. The van der Waals surface area contributed by atoms with Crippen molar-refractivity contribution in [1.82, 2.24) is 19.9 Å². The fraction of sp³-hybridized carbons (Fsp3) is 0.385. The van der Waals surface area contributed by atoms with Crippen molar-refractivity contribution in [3.05, 3.63) is 64.7 Å². The highest BCUT2D eigenvalue weighted by Gasteiger charge is 2.27. The van der Waals surface area contributed by atoms with E-state index in [9.17, 15) is 19.1 Å². The van der Waals surface area contributed by atoms with Crippen molar-refractivity contribution < 1.29 is 23.8 Å². The van der Waals surface area contributed by atoms with Crippen LogP contribution in [0, 0.1) is 18.7 Å². The number of aliphatic carboxylic acids is 1. The lowest BCUT2D eigenvalue weighted by Gasteiger charge is -2.34. The van der Waals surface area contributed by atoms with E-state index in [1.165, 1.54) is 12.1 Å². The summed E-state index contributed by atoms with van der Waals surface area (Å²) in [5.74, 6) is -0.229. The van der Waals surface area contributed by atoms with Gasteiger partial charge in [-0.25, -0.2) is 9.37 Å². The predicted molar refractivity (Wildman–Crippen MR) is 131 cm³/mol. The Labute approximate surface area is 207 Å². The second-order valence-corrected chi connectivity index (χ2v) is 9.25. The number of hydrogen-bond acceptors (Lipinski definition) is 6. The SMILES string of the molecule is Cc1nc2cc3nn2c(c1CC(=O)O)N1CCC(C/C=C\COc2cc(F)ccc2CNC3=O)CC1. The van der Waals surface area contributed by atoms with Crippen molar-refractivity contribution >= 4 is 23.3 Å². The summed E-state index contributed by atoms with van der Waals surface area (Å²) in [6.07, 6.45) is 6.62. The number of amides is 1. The first kappa shape index (κ1) is 23.8. The minimum atomic E-state index is -0.947. The molecule has 2 aromatic heterocycles. The summed E-state index contributed by atoms with van der Waals surface area (Å²) in [5, 5.41) is 16.9. The van der Waals surface area contributed by atoms with Gasteiger partial charge in [0.1, 0.15) is 24.0 Å². The molecule has 2 N–H and O–H groups in total. The maximum absolute atomic E-state index is 13.8. The van der Waals surface area contributed by atoms with Crippen LogP contribution in [0.5, 0.6) is 5.75 Å². The van der Waals surface area contributed by atoms with Gasteiger partial charge in [-0.2, -0.15) is 9.61 Å². The van der Waals surface area contributed by atoms with Crippen LogP contribution >= 0.6 is 0 Å². The number of fused-ring (bicyclic) bond motifs is 7. The topological polar surface area (TPSA) is 109 Å². The number of ether oxygens (including phenoxy) is 1. The number of anilines is 1. The molecule has 9 nitrogen and oxygen atoms in total. The standard InChI is InChI=1S/C26H28FN5O4/c1-16-20(13-24(33)34)26-31-9-7-17(8-10-31)4-2-3-11-36-22-12-19(27)6-5-18(22)15-28-25(35)21-14-23(29-16)32(26)30-21/h2-3,5-6,12,14,17H,4,7-11,13,15H2,1H3,(H,28,35)(H,33,34)/b3-2-. The van der Waals surface area contributed by atoms with Crippen LogP contribution in [0.2, 0.25) is 0 Å². The first-order valence-corrected chi connectivity index (χ1v) is 12.1. The van der Waals surface area contributed by atoms with Gasteiger partial charge in [0, 0.05) is 48.6 Å². The van der Waals surface area contributed by atoms with E-state index in [0.717, 1.165) is 32.4 Å². The molecule has 10 heteroatoms. The second kappa shape index (κ2) is 9.96. The van der Waals surface area contributed by atoms with E-state index < -0.39 is 17.7 Å². The van der Waals surface area contributed by atoms with E-state index in [0.29, 0.717) is 46.6 Å². The van der Waals surface area contributed by atoms with Gasteiger partial charge in [0.2, 0.25) is 0 Å². The van der Waals surface area contributed by atoms with Crippen molar-refractivity contribution in [2.45, 2.75) is 39.2 Å². The predicted octanol–water partition coefficient (Wildman–Crippen LogP) is 3.29. The van der Waals surface area contributed by atoms with Crippen molar-refractivity contribution in [2.75, 3.05) is 24.6 Å². The van der Waals surface area contributed by atoms with Crippen molar-refractivity contribution in [3.63, 3.8) is 0 Å². The quantitative estimate of drug-likeness (QED) is 0.528. The third-order valence-corrected chi connectivity index (χ3v) is 6.79. The number of rotatable bonds is 2. The average Bonchev–Trinajstić information content (AvgIpc) is 3.27. The summed E-state index contributed by atoms with van der Waals surface area (Å²) >= 11 is 0. The molecule has 3 aliphatic rings. The molecular weight excluding hydrogens is 465 g/mol. The Hall–Kier alpha value is -3.95. The first-order chi connectivity index (χ1) is 17.4. The molecule has 1 amide bonds. The van der Waals surface area contributed by atoms with Crippen LogP contribution < -0.4 is 15.0 Å². The van der Waals surface area contributed by atoms with Gasteiger partial charge in [-0.3, -0.25) is 9.59 Å². The Balaban J connectivity index is 1.56. The lowest BCUT2D eigenvalue weighted by atomic mass is 9.93. The number of hydrogen-bond donors (Lipinski definition) is 2. The zero-order valence-corrected chi connectivity index (χ0v) is 20.0. The minimum Gasteiger partial charge on any atom is -0.489 e. The van der Waals surface area contributed by atoms with Crippen LogP contribution in [0.4, 0.5) is 10.2 Å². The third kappa shape index (κ3) is 4.89. The molecule has 0 radical (unpaired) electrons. The molecule has 0 aliphatic carbocycles. The molecule has 4 bridgehead atoms. The summed E-state index contributed by atoms with van der Waals surface area (Å²) in [6.45, 7) is 3.71. The molecule has 6 rings (SSSR count). The van der Waals surface area contributed by atoms with Crippen LogP contribution in [0.25, 0.3) is 5.65 Å². The van der Waals surface area contributed by atoms with Crippen LogP contribution in [-0.4, -0.2) is 51.3 Å². The van der Waals surface area contributed by atoms with Crippen molar-refractivity contribution in [3.8, 4) is 5.75 Å². The number of aromatic nitrogens is 3. The number of nitrogens with zero attached hydrogens (tertiary/aromatic N) is 4. The smallest absolute Gasteiger partial charge is 0.308 e. The number of halogens is 1. The fourth-order valence-electron chi connectivity index (χ4n) is 4.88. The molecule has 5 heterocycles. The van der Waals surface area contributed by atoms with Crippen LogP contribution in [-0.2, 0) is 17.8 Å². The second-order valence-electron chi connectivity index (χ2n) is 9.25. The molecule has 188 valence electrons. The monoisotopic (exact) mass is 493 g/mol. The van der Waals surface area contributed by atoms with Crippen molar-refractivity contribution in [1.29, 1.82) is 0 Å². The number of allylic oxidation sites excluding steroid dienone is 1. The zero-order valence-electron chi connectivity index (χ0n) is 20.0. The Kier molecular flexibility index (Phi) is 6.58. The normalized spacial score (nSPS) is 17.8. The van der Waals surface area contributed by atoms with E-state index in [2.05, 4.69) is 26.4 Å². The Morgan fingerprint density at radius 1 is 1.25 bits per heavy atom. The molecule has 0 saturated carbocycles.